The predicted molar refractivity (Wildman–Crippen MR) is 64.4 cm³/mol. The smallest absolute Gasteiger partial charge is 0.283 e. The average molecular weight is 231 g/mol. The zero-order valence-corrected chi connectivity index (χ0v) is 9.77. The lowest BCUT2D eigenvalue weighted by molar-refractivity contribution is -0.114. The fourth-order valence-electron chi connectivity index (χ4n) is 1.27. The highest BCUT2D eigenvalue weighted by Gasteiger charge is 2.01. The number of carbonyl (C=O) groups excluding carboxylic acids is 2. The van der Waals surface area contributed by atoms with Crippen molar-refractivity contribution in [3.63, 3.8) is 0 Å². The predicted octanol–water partition coefficient (Wildman–Crippen LogP) is 2.35. The van der Waals surface area contributed by atoms with Crippen molar-refractivity contribution in [1.29, 1.82) is 0 Å². The van der Waals surface area contributed by atoms with Crippen LogP contribution < -0.4 is 4.74 Å². The molecule has 0 aliphatic rings. The first kappa shape index (κ1) is 12.9. The van der Waals surface area contributed by atoms with Crippen LogP contribution in [0.2, 0.25) is 0 Å². The van der Waals surface area contributed by atoms with E-state index in [1.807, 2.05) is 31.2 Å². The van der Waals surface area contributed by atoms with Crippen molar-refractivity contribution < 1.29 is 14.3 Å². The minimum absolute atomic E-state index is 0.387. The summed E-state index contributed by atoms with van der Waals surface area (Å²) in [4.78, 5) is 24.2. The molecule has 1 rings (SSSR count). The first-order valence-corrected chi connectivity index (χ1v) is 5.20. The van der Waals surface area contributed by atoms with E-state index < -0.39 is 5.91 Å². The van der Waals surface area contributed by atoms with E-state index in [1.54, 1.807) is 13.0 Å². The summed E-state index contributed by atoms with van der Waals surface area (Å²) < 4.78 is 5.29. The number of carbonyl (C=O) groups is 1. The molecule has 0 N–H and O–H groups in total. The molecule has 88 valence electrons. The van der Waals surface area contributed by atoms with Gasteiger partial charge in [0.15, 0.2) is 0 Å². The van der Waals surface area contributed by atoms with Gasteiger partial charge in [0.25, 0.3) is 5.91 Å². The molecule has 17 heavy (non-hydrogen) atoms. The molecule has 0 aliphatic carbocycles. The van der Waals surface area contributed by atoms with Crippen molar-refractivity contribution in [2.75, 3.05) is 6.61 Å². The molecule has 4 nitrogen and oxygen atoms in total. The highest BCUT2D eigenvalue weighted by Crippen LogP contribution is 2.14. The average Bonchev–Trinajstić information content (AvgIpc) is 2.32. The highest BCUT2D eigenvalue weighted by molar-refractivity contribution is 5.99. The molecule has 0 spiro atoms. The third kappa shape index (κ3) is 4.05. The summed E-state index contributed by atoms with van der Waals surface area (Å²) in [5.74, 6) is 0.202. The second kappa shape index (κ2) is 6.40. The molecule has 0 aromatic heterocycles. The van der Waals surface area contributed by atoms with Crippen LogP contribution in [0, 0.1) is 0 Å². The van der Waals surface area contributed by atoms with Crippen molar-refractivity contribution in [3.05, 3.63) is 35.4 Å². The summed E-state index contributed by atoms with van der Waals surface area (Å²) in [6, 6.07) is 7.28. The molecular weight excluding hydrogens is 218 g/mol. The zero-order valence-electron chi connectivity index (χ0n) is 9.77. The molecule has 1 aromatic rings. The van der Waals surface area contributed by atoms with Crippen molar-refractivity contribution in [2.24, 2.45) is 4.99 Å². The fraction of sp³-hybridized carbons (Fsp3) is 0.231. The van der Waals surface area contributed by atoms with Gasteiger partial charge in [0.2, 0.25) is 6.08 Å². The molecule has 1 amide bonds. The van der Waals surface area contributed by atoms with Crippen LogP contribution in [0.15, 0.2) is 34.8 Å². The van der Waals surface area contributed by atoms with Gasteiger partial charge in [-0.25, -0.2) is 4.79 Å². The number of benzene rings is 1. The maximum absolute atomic E-state index is 11.2. The number of aliphatic imine (C=N–C) groups is 1. The molecule has 0 bridgehead atoms. The minimum Gasteiger partial charge on any atom is -0.494 e. The fourth-order valence-corrected chi connectivity index (χ4v) is 1.27. The summed E-state index contributed by atoms with van der Waals surface area (Å²) in [5, 5.41) is 0. The van der Waals surface area contributed by atoms with Gasteiger partial charge < -0.3 is 4.74 Å². The van der Waals surface area contributed by atoms with Crippen LogP contribution in [-0.4, -0.2) is 18.6 Å². The lowest BCUT2D eigenvalue weighted by Gasteiger charge is -2.02. The Labute approximate surface area is 99.6 Å². The van der Waals surface area contributed by atoms with Crippen LogP contribution in [0.25, 0.3) is 6.08 Å². The van der Waals surface area contributed by atoms with E-state index in [1.165, 1.54) is 6.08 Å². The number of isocyanates is 1. The molecule has 0 atom stereocenters. The molecular formula is C13H13NO3. The van der Waals surface area contributed by atoms with Crippen LogP contribution in [0.1, 0.15) is 19.4 Å². The van der Waals surface area contributed by atoms with E-state index in [0.29, 0.717) is 12.2 Å². The quantitative estimate of drug-likeness (QED) is 0.454. The Balaban J connectivity index is 2.83. The zero-order chi connectivity index (χ0) is 12.7. The Kier molecular flexibility index (Phi) is 4.85. The topological polar surface area (TPSA) is 55.7 Å². The lowest BCUT2D eigenvalue weighted by Crippen LogP contribution is -1.94. The maximum atomic E-state index is 11.2. The summed E-state index contributed by atoms with van der Waals surface area (Å²) in [5.41, 5.74) is 1.23. The molecule has 0 aliphatic heterocycles. The van der Waals surface area contributed by atoms with Gasteiger partial charge in [-0.1, -0.05) is 12.1 Å². The maximum Gasteiger partial charge on any atom is 0.283 e. The van der Waals surface area contributed by atoms with Gasteiger partial charge in [0, 0.05) is 5.57 Å². The molecule has 4 heteroatoms. The van der Waals surface area contributed by atoms with Crippen LogP contribution in [-0.2, 0) is 9.59 Å². The lowest BCUT2D eigenvalue weighted by atomic mass is 10.1. The first-order chi connectivity index (χ1) is 8.17. The summed E-state index contributed by atoms with van der Waals surface area (Å²) >= 11 is 0. The van der Waals surface area contributed by atoms with Crippen molar-refractivity contribution in [2.45, 2.75) is 13.8 Å². The van der Waals surface area contributed by atoms with E-state index >= 15 is 0 Å². The Morgan fingerprint density at radius 3 is 2.59 bits per heavy atom. The first-order valence-electron chi connectivity index (χ1n) is 5.20. The van der Waals surface area contributed by atoms with Gasteiger partial charge in [-0.3, -0.25) is 4.79 Å². The molecule has 0 saturated carbocycles. The van der Waals surface area contributed by atoms with Gasteiger partial charge in [0.1, 0.15) is 5.75 Å². The Bertz CT molecular complexity index is 468. The Hall–Kier alpha value is -2.19. The van der Waals surface area contributed by atoms with E-state index in [9.17, 15) is 9.59 Å². The molecule has 0 radical (unpaired) electrons. The second-order valence-corrected chi connectivity index (χ2v) is 3.34. The number of nitrogens with zero attached hydrogens (tertiary/aromatic N) is 1. The van der Waals surface area contributed by atoms with Gasteiger partial charge in [-0.05, 0) is 37.6 Å². The number of hydrogen-bond donors (Lipinski definition) is 0. The van der Waals surface area contributed by atoms with Crippen LogP contribution in [0.3, 0.4) is 0 Å². The molecule has 0 saturated heterocycles. The van der Waals surface area contributed by atoms with E-state index in [4.69, 9.17) is 4.74 Å². The molecule has 0 heterocycles. The normalized spacial score (nSPS) is 10.6. The third-order valence-electron chi connectivity index (χ3n) is 2.06. The number of amides is 1. The van der Waals surface area contributed by atoms with Crippen LogP contribution in [0.4, 0.5) is 0 Å². The largest absolute Gasteiger partial charge is 0.494 e. The summed E-state index contributed by atoms with van der Waals surface area (Å²) in [7, 11) is 0. The van der Waals surface area contributed by atoms with Gasteiger partial charge in [-0.2, -0.15) is 0 Å². The van der Waals surface area contributed by atoms with Gasteiger partial charge in [-0.15, -0.1) is 4.99 Å². The van der Waals surface area contributed by atoms with Crippen molar-refractivity contribution in [1.82, 2.24) is 0 Å². The monoisotopic (exact) mass is 231 g/mol. The Morgan fingerprint density at radius 1 is 1.41 bits per heavy atom. The second-order valence-electron chi connectivity index (χ2n) is 3.34. The summed E-state index contributed by atoms with van der Waals surface area (Å²) in [6.07, 6.45) is 2.88. The molecule has 0 unspecified atom stereocenters. The molecule has 1 aromatic carbocycles. The van der Waals surface area contributed by atoms with E-state index in [2.05, 4.69) is 4.99 Å². The van der Waals surface area contributed by atoms with Crippen LogP contribution >= 0.6 is 0 Å². The van der Waals surface area contributed by atoms with Crippen molar-refractivity contribution >= 4 is 18.1 Å². The van der Waals surface area contributed by atoms with E-state index in [0.717, 1.165) is 11.3 Å². The number of ether oxygens (including phenoxy) is 1. The standard InChI is InChI=1S/C13H13NO3/c1-3-17-12-6-4-11(5-7-12)8-10(2)13(16)14-9-15/h4-8H,3H2,1-2H3. The van der Waals surface area contributed by atoms with E-state index in [-0.39, 0.29) is 0 Å². The number of rotatable bonds is 4. The van der Waals surface area contributed by atoms with Crippen LogP contribution in [0.5, 0.6) is 5.75 Å². The minimum atomic E-state index is -0.575. The van der Waals surface area contributed by atoms with Gasteiger partial charge in [0.05, 0.1) is 6.61 Å². The van der Waals surface area contributed by atoms with Gasteiger partial charge >= 0.3 is 0 Å². The molecule has 0 fully saturated rings. The number of hydrogen-bond acceptors (Lipinski definition) is 3. The Morgan fingerprint density at radius 2 is 2.06 bits per heavy atom. The third-order valence-corrected chi connectivity index (χ3v) is 2.06. The SMILES string of the molecule is CCOc1ccc(C=C(C)C(=O)N=C=O)cc1. The summed E-state index contributed by atoms with van der Waals surface area (Å²) in [6.45, 7) is 4.12. The highest BCUT2D eigenvalue weighted by atomic mass is 16.5. The van der Waals surface area contributed by atoms with Crippen molar-refractivity contribution in [3.8, 4) is 5.75 Å².